The van der Waals surface area contributed by atoms with E-state index in [1.807, 2.05) is 6.92 Å². The van der Waals surface area contributed by atoms with Crippen LogP contribution < -0.4 is 0 Å². The number of carbonyl (C=O) groups is 1. The van der Waals surface area contributed by atoms with E-state index in [-0.39, 0.29) is 0 Å². The Morgan fingerprint density at radius 1 is 1.56 bits per heavy atom. The largest absolute Gasteiger partial charge is 0.466 e. The van der Waals surface area contributed by atoms with Gasteiger partial charge in [0.05, 0.1) is 5.56 Å². The summed E-state index contributed by atoms with van der Waals surface area (Å²) in [4.78, 5) is 10.2. The first-order valence-corrected chi connectivity index (χ1v) is 2.76. The average molecular weight is 124 g/mol. The molecule has 0 aliphatic rings. The SMILES string of the molecule is Cc1cc(C=O)c(C)o1. The molecule has 0 aliphatic carbocycles. The molecule has 0 spiro atoms. The van der Waals surface area contributed by atoms with E-state index in [0.717, 1.165) is 12.0 Å². The van der Waals surface area contributed by atoms with Gasteiger partial charge in [0, 0.05) is 0 Å². The van der Waals surface area contributed by atoms with E-state index in [4.69, 9.17) is 4.42 Å². The fourth-order valence-corrected chi connectivity index (χ4v) is 0.767. The zero-order valence-electron chi connectivity index (χ0n) is 5.47. The first-order valence-electron chi connectivity index (χ1n) is 2.76. The summed E-state index contributed by atoms with van der Waals surface area (Å²) in [6.45, 7) is 3.59. The van der Waals surface area contributed by atoms with Crippen LogP contribution in [0.15, 0.2) is 10.5 Å². The molecule has 9 heavy (non-hydrogen) atoms. The number of furan rings is 1. The van der Waals surface area contributed by atoms with Gasteiger partial charge in [-0.1, -0.05) is 0 Å². The monoisotopic (exact) mass is 124 g/mol. The molecule has 0 aromatic carbocycles. The van der Waals surface area contributed by atoms with Crippen LogP contribution in [0.3, 0.4) is 0 Å². The van der Waals surface area contributed by atoms with Crippen molar-refractivity contribution in [1.82, 2.24) is 0 Å². The Labute approximate surface area is 53.5 Å². The summed E-state index contributed by atoms with van der Waals surface area (Å²) in [5, 5.41) is 0. The number of carbonyl (C=O) groups excluding carboxylic acids is 1. The smallest absolute Gasteiger partial charge is 0.153 e. The van der Waals surface area contributed by atoms with Crippen molar-refractivity contribution in [2.24, 2.45) is 0 Å². The third-order valence-electron chi connectivity index (χ3n) is 1.21. The number of hydrogen-bond donors (Lipinski definition) is 0. The van der Waals surface area contributed by atoms with Crippen molar-refractivity contribution in [2.45, 2.75) is 13.8 Å². The molecule has 0 aliphatic heterocycles. The summed E-state index contributed by atoms with van der Waals surface area (Å²) in [5.41, 5.74) is 0.646. The lowest BCUT2D eigenvalue weighted by Crippen LogP contribution is -1.74. The molecule has 1 rings (SSSR count). The van der Waals surface area contributed by atoms with Crippen LogP contribution in [-0.2, 0) is 0 Å². The highest BCUT2D eigenvalue weighted by Crippen LogP contribution is 2.10. The Morgan fingerprint density at radius 3 is 2.44 bits per heavy atom. The van der Waals surface area contributed by atoms with E-state index in [2.05, 4.69) is 0 Å². The van der Waals surface area contributed by atoms with Gasteiger partial charge in [-0.25, -0.2) is 0 Å². The Balaban J connectivity index is 3.15. The minimum Gasteiger partial charge on any atom is -0.466 e. The van der Waals surface area contributed by atoms with Crippen LogP contribution in [-0.4, -0.2) is 6.29 Å². The molecule has 0 atom stereocenters. The highest BCUT2D eigenvalue weighted by atomic mass is 16.3. The third-order valence-corrected chi connectivity index (χ3v) is 1.21. The molecule has 0 N–H and O–H groups in total. The van der Waals surface area contributed by atoms with Crippen molar-refractivity contribution in [2.75, 3.05) is 0 Å². The molecule has 2 heteroatoms. The molecule has 0 amide bonds. The fraction of sp³-hybridized carbons (Fsp3) is 0.286. The van der Waals surface area contributed by atoms with Gasteiger partial charge in [-0.15, -0.1) is 0 Å². The Bertz CT molecular complexity index is 223. The van der Waals surface area contributed by atoms with Crippen LogP contribution in [0.25, 0.3) is 0 Å². The molecule has 1 aromatic heterocycles. The quantitative estimate of drug-likeness (QED) is 0.533. The van der Waals surface area contributed by atoms with Gasteiger partial charge >= 0.3 is 0 Å². The maximum Gasteiger partial charge on any atom is 0.153 e. The van der Waals surface area contributed by atoms with Crippen LogP contribution >= 0.6 is 0 Å². The van der Waals surface area contributed by atoms with Crippen LogP contribution in [0.2, 0.25) is 0 Å². The van der Waals surface area contributed by atoms with Gasteiger partial charge in [-0.3, -0.25) is 4.79 Å². The van der Waals surface area contributed by atoms with Gasteiger partial charge < -0.3 is 4.42 Å². The van der Waals surface area contributed by atoms with Gasteiger partial charge in [-0.2, -0.15) is 0 Å². The normalized spacial score (nSPS) is 9.56. The number of aldehydes is 1. The summed E-state index contributed by atoms with van der Waals surface area (Å²) in [6, 6.07) is 1.72. The van der Waals surface area contributed by atoms with E-state index in [1.165, 1.54) is 0 Å². The molecule has 0 saturated heterocycles. The maximum absolute atomic E-state index is 10.2. The second-order valence-corrected chi connectivity index (χ2v) is 1.99. The minimum absolute atomic E-state index is 0.646. The van der Waals surface area contributed by atoms with E-state index in [0.29, 0.717) is 11.3 Å². The van der Waals surface area contributed by atoms with Gasteiger partial charge in [-0.05, 0) is 19.9 Å². The number of hydrogen-bond acceptors (Lipinski definition) is 2. The molecular formula is C7H8O2. The summed E-state index contributed by atoms with van der Waals surface area (Å²) < 4.78 is 5.07. The van der Waals surface area contributed by atoms with Crippen molar-refractivity contribution >= 4 is 6.29 Å². The fourth-order valence-electron chi connectivity index (χ4n) is 0.767. The molecule has 0 bridgehead atoms. The van der Waals surface area contributed by atoms with Gasteiger partial charge in [0.25, 0.3) is 0 Å². The van der Waals surface area contributed by atoms with Crippen molar-refractivity contribution in [3.8, 4) is 0 Å². The Hall–Kier alpha value is -1.05. The predicted molar refractivity (Wildman–Crippen MR) is 33.6 cm³/mol. The standard InChI is InChI=1S/C7H8O2/c1-5-3-7(4-8)6(2)9-5/h3-4H,1-2H3. The number of rotatable bonds is 1. The third kappa shape index (κ3) is 1.02. The first-order chi connectivity index (χ1) is 4.24. The minimum atomic E-state index is 0.646. The molecule has 0 fully saturated rings. The Morgan fingerprint density at radius 2 is 2.22 bits per heavy atom. The summed E-state index contributed by atoms with van der Waals surface area (Å²) in [6.07, 6.45) is 0.797. The lowest BCUT2D eigenvalue weighted by molar-refractivity contribution is 0.112. The zero-order chi connectivity index (χ0) is 6.85. The van der Waals surface area contributed by atoms with Gasteiger partial charge in [0.1, 0.15) is 11.5 Å². The Kier molecular flexibility index (Phi) is 1.39. The topological polar surface area (TPSA) is 30.2 Å². The highest BCUT2D eigenvalue weighted by Gasteiger charge is 2.00. The van der Waals surface area contributed by atoms with E-state index in [9.17, 15) is 4.79 Å². The maximum atomic E-state index is 10.2. The molecule has 2 nitrogen and oxygen atoms in total. The lowest BCUT2D eigenvalue weighted by atomic mass is 10.3. The second-order valence-electron chi connectivity index (χ2n) is 1.99. The van der Waals surface area contributed by atoms with Crippen molar-refractivity contribution in [3.05, 3.63) is 23.2 Å². The molecular weight excluding hydrogens is 116 g/mol. The van der Waals surface area contributed by atoms with Crippen LogP contribution in [0.4, 0.5) is 0 Å². The molecule has 1 heterocycles. The summed E-state index contributed by atoms with van der Waals surface area (Å²) >= 11 is 0. The van der Waals surface area contributed by atoms with Crippen molar-refractivity contribution in [3.63, 3.8) is 0 Å². The lowest BCUT2D eigenvalue weighted by Gasteiger charge is -1.79. The molecule has 48 valence electrons. The summed E-state index contributed by atoms with van der Waals surface area (Å²) in [5.74, 6) is 1.48. The zero-order valence-corrected chi connectivity index (χ0v) is 5.47. The van der Waals surface area contributed by atoms with Crippen molar-refractivity contribution < 1.29 is 9.21 Å². The first kappa shape index (κ1) is 6.08. The van der Waals surface area contributed by atoms with E-state index in [1.54, 1.807) is 13.0 Å². The van der Waals surface area contributed by atoms with E-state index < -0.39 is 0 Å². The van der Waals surface area contributed by atoms with Crippen molar-refractivity contribution in [1.29, 1.82) is 0 Å². The molecule has 1 aromatic rings. The average Bonchev–Trinajstić information content (AvgIpc) is 2.10. The van der Waals surface area contributed by atoms with Gasteiger partial charge in [0.2, 0.25) is 0 Å². The van der Waals surface area contributed by atoms with E-state index >= 15 is 0 Å². The van der Waals surface area contributed by atoms with Crippen LogP contribution in [0.1, 0.15) is 21.9 Å². The predicted octanol–water partition coefficient (Wildman–Crippen LogP) is 1.71. The van der Waals surface area contributed by atoms with Crippen LogP contribution in [0, 0.1) is 13.8 Å². The van der Waals surface area contributed by atoms with Crippen LogP contribution in [0.5, 0.6) is 0 Å². The molecule has 0 saturated carbocycles. The second kappa shape index (κ2) is 2.05. The number of aryl methyl sites for hydroxylation is 2. The molecule has 0 unspecified atom stereocenters. The van der Waals surface area contributed by atoms with Gasteiger partial charge in [0.15, 0.2) is 6.29 Å². The highest BCUT2D eigenvalue weighted by molar-refractivity contribution is 5.76. The summed E-state index contributed by atoms with van der Waals surface area (Å²) in [7, 11) is 0. The molecule has 0 radical (unpaired) electrons.